The molecule has 0 fully saturated rings. The van der Waals surface area contributed by atoms with E-state index in [2.05, 4.69) is 45.3 Å². The van der Waals surface area contributed by atoms with E-state index in [0.29, 0.717) is 18.8 Å². The second kappa shape index (κ2) is 5.79. The number of fused-ring (bicyclic) bond motifs is 2. The van der Waals surface area contributed by atoms with Crippen LogP contribution in [0.4, 0.5) is 0 Å². The standard InChI is InChI=1S/C17H18N4OS/c1-11-12-4-2-3-5-14(12)23-15(11)9-19-17(22)16-13-8-18-6-7-21(13)10-20-16/h2-5,10,18H,6-9H2,1H3,(H,19,22). The Morgan fingerprint density at radius 2 is 2.30 bits per heavy atom. The van der Waals surface area contributed by atoms with Gasteiger partial charge in [0.05, 0.1) is 18.6 Å². The molecule has 0 spiro atoms. The number of benzene rings is 1. The highest BCUT2D eigenvalue weighted by Gasteiger charge is 2.20. The van der Waals surface area contributed by atoms with Crippen LogP contribution in [0.25, 0.3) is 10.1 Å². The quantitative estimate of drug-likeness (QED) is 0.777. The molecule has 4 rings (SSSR count). The molecule has 2 aromatic heterocycles. The fourth-order valence-corrected chi connectivity index (χ4v) is 4.17. The number of hydrogen-bond acceptors (Lipinski definition) is 4. The van der Waals surface area contributed by atoms with Gasteiger partial charge in [0.2, 0.25) is 0 Å². The van der Waals surface area contributed by atoms with Gasteiger partial charge in [-0.3, -0.25) is 4.79 Å². The van der Waals surface area contributed by atoms with Crippen molar-refractivity contribution in [2.24, 2.45) is 0 Å². The number of thiophene rings is 1. The Bertz CT molecular complexity index is 880. The Hall–Kier alpha value is -2.18. The van der Waals surface area contributed by atoms with E-state index in [1.165, 1.54) is 20.5 Å². The number of carbonyl (C=O) groups excluding carboxylic acids is 1. The lowest BCUT2D eigenvalue weighted by Crippen LogP contribution is -2.31. The zero-order valence-electron chi connectivity index (χ0n) is 12.9. The molecule has 0 aliphatic carbocycles. The number of nitrogens with zero attached hydrogens (tertiary/aromatic N) is 2. The summed E-state index contributed by atoms with van der Waals surface area (Å²) in [4.78, 5) is 18.0. The van der Waals surface area contributed by atoms with E-state index >= 15 is 0 Å². The van der Waals surface area contributed by atoms with Crippen LogP contribution >= 0.6 is 11.3 Å². The number of hydrogen-bond donors (Lipinski definition) is 2. The van der Waals surface area contributed by atoms with E-state index in [0.717, 1.165) is 18.8 Å². The summed E-state index contributed by atoms with van der Waals surface area (Å²) in [7, 11) is 0. The summed E-state index contributed by atoms with van der Waals surface area (Å²) in [5.41, 5.74) is 2.76. The number of rotatable bonds is 3. The van der Waals surface area contributed by atoms with Crippen LogP contribution in [0.3, 0.4) is 0 Å². The van der Waals surface area contributed by atoms with Gasteiger partial charge in [0.1, 0.15) is 0 Å². The van der Waals surface area contributed by atoms with Crippen LogP contribution in [0.15, 0.2) is 30.6 Å². The maximum atomic E-state index is 12.5. The fraction of sp³-hybridized carbons (Fsp3) is 0.294. The summed E-state index contributed by atoms with van der Waals surface area (Å²) >= 11 is 1.74. The van der Waals surface area contributed by atoms with Crippen molar-refractivity contribution in [3.63, 3.8) is 0 Å². The molecule has 0 saturated heterocycles. The number of carbonyl (C=O) groups is 1. The molecule has 23 heavy (non-hydrogen) atoms. The maximum absolute atomic E-state index is 12.5. The van der Waals surface area contributed by atoms with Gasteiger partial charge in [0.15, 0.2) is 5.69 Å². The van der Waals surface area contributed by atoms with E-state index in [1.54, 1.807) is 17.7 Å². The van der Waals surface area contributed by atoms with Crippen molar-refractivity contribution in [2.75, 3.05) is 6.54 Å². The van der Waals surface area contributed by atoms with Crippen LogP contribution < -0.4 is 10.6 Å². The molecule has 1 aliphatic heterocycles. The van der Waals surface area contributed by atoms with Crippen molar-refractivity contribution >= 4 is 27.3 Å². The van der Waals surface area contributed by atoms with Crippen molar-refractivity contribution in [3.05, 3.63) is 52.4 Å². The number of nitrogens with one attached hydrogen (secondary N) is 2. The number of aryl methyl sites for hydroxylation is 1. The molecule has 0 atom stereocenters. The molecule has 2 N–H and O–H groups in total. The molecule has 3 aromatic rings. The summed E-state index contributed by atoms with van der Waals surface area (Å²) in [5.74, 6) is -0.0979. The summed E-state index contributed by atoms with van der Waals surface area (Å²) in [6.07, 6.45) is 1.76. The van der Waals surface area contributed by atoms with Gasteiger partial charge >= 0.3 is 0 Å². The predicted octanol–water partition coefficient (Wildman–Crippen LogP) is 2.44. The number of amides is 1. The third kappa shape index (κ3) is 2.54. The van der Waals surface area contributed by atoms with Gasteiger partial charge in [0, 0.05) is 29.2 Å². The van der Waals surface area contributed by atoms with Gasteiger partial charge in [-0.25, -0.2) is 4.98 Å². The average Bonchev–Trinajstić information content (AvgIpc) is 3.15. The smallest absolute Gasteiger partial charge is 0.272 e. The Labute approximate surface area is 138 Å². The lowest BCUT2D eigenvalue weighted by molar-refractivity contribution is 0.0945. The molecule has 1 aliphatic rings. The Morgan fingerprint density at radius 3 is 3.17 bits per heavy atom. The first-order valence-corrected chi connectivity index (χ1v) is 8.55. The molecule has 1 aromatic carbocycles. The first kappa shape index (κ1) is 14.4. The second-order valence-corrected chi connectivity index (χ2v) is 6.88. The minimum absolute atomic E-state index is 0.0979. The van der Waals surface area contributed by atoms with Crippen LogP contribution in [0.5, 0.6) is 0 Å². The first-order valence-electron chi connectivity index (χ1n) is 7.74. The molecule has 0 bridgehead atoms. The monoisotopic (exact) mass is 326 g/mol. The maximum Gasteiger partial charge on any atom is 0.272 e. The molecule has 0 saturated carbocycles. The summed E-state index contributed by atoms with van der Waals surface area (Å²) in [6, 6.07) is 8.35. The third-order valence-corrected chi connectivity index (χ3v) is 5.61. The van der Waals surface area contributed by atoms with Gasteiger partial charge in [-0.1, -0.05) is 18.2 Å². The Balaban J connectivity index is 1.53. The zero-order valence-corrected chi connectivity index (χ0v) is 13.7. The SMILES string of the molecule is Cc1c(CNC(=O)c2ncn3c2CNCC3)sc2ccccc12. The molecule has 3 heterocycles. The van der Waals surface area contributed by atoms with E-state index < -0.39 is 0 Å². The van der Waals surface area contributed by atoms with Crippen LogP contribution in [0.2, 0.25) is 0 Å². The van der Waals surface area contributed by atoms with E-state index in [9.17, 15) is 4.79 Å². The topological polar surface area (TPSA) is 59.0 Å². The highest BCUT2D eigenvalue weighted by atomic mass is 32.1. The van der Waals surface area contributed by atoms with Gasteiger partial charge in [-0.05, 0) is 23.9 Å². The largest absolute Gasteiger partial charge is 0.346 e. The fourth-order valence-electron chi connectivity index (χ4n) is 3.02. The van der Waals surface area contributed by atoms with Crippen molar-refractivity contribution in [1.82, 2.24) is 20.2 Å². The lowest BCUT2D eigenvalue weighted by atomic mass is 10.1. The van der Waals surface area contributed by atoms with Gasteiger partial charge in [0.25, 0.3) is 5.91 Å². The van der Waals surface area contributed by atoms with Crippen LogP contribution in [-0.4, -0.2) is 22.0 Å². The first-order chi connectivity index (χ1) is 11.2. The van der Waals surface area contributed by atoms with Gasteiger partial charge in [-0.15, -0.1) is 11.3 Å². The van der Waals surface area contributed by atoms with E-state index in [1.807, 2.05) is 6.07 Å². The van der Waals surface area contributed by atoms with E-state index in [4.69, 9.17) is 0 Å². The molecule has 6 heteroatoms. The molecule has 118 valence electrons. The molecule has 0 unspecified atom stereocenters. The molecule has 5 nitrogen and oxygen atoms in total. The molecular formula is C17H18N4OS. The lowest BCUT2D eigenvalue weighted by Gasteiger charge is -2.16. The Kier molecular flexibility index (Phi) is 3.63. The summed E-state index contributed by atoms with van der Waals surface area (Å²) < 4.78 is 3.31. The van der Waals surface area contributed by atoms with Gasteiger partial charge < -0.3 is 15.2 Å². The van der Waals surface area contributed by atoms with Crippen LogP contribution in [-0.2, 0) is 19.6 Å². The molecule has 1 amide bonds. The number of imidazole rings is 1. The van der Waals surface area contributed by atoms with Gasteiger partial charge in [-0.2, -0.15) is 0 Å². The van der Waals surface area contributed by atoms with Crippen molar-refractivity contribution in [3.8, 4) is 0 Å². The minimum Gasteiger partial charge on any atom is -0.346 e. The highest BCUT2D eigenvalue weighted by molar-refractivity contribution is 7.19. The second-order valence-electron chi connectivity index (χ2n) is 5.74. The minimum atomic E-state index is -0.0979. The van der Waals surface area contributed by atoms with Crippen LogP contribution in [0.1, 0.15) is 26.6 Å². The van der Waals surface area contributed by atoms with Crippen molar-refractivity contribution in [1.29, 1.82) is 0 Å². The Morgan fingerprint density at radius 1 is 1.43 bits per heavy atom. The summed E-state index contributed by atoms with van der Waals surface area (Å²) in [5, 5.41) is 7.57. The average molecular weight is 326 g/mol. The number of aromatic nitrogens is 2. The third-order valence-electron chi connectivity index (χ3n) is 4.34. The van der Waals surface area contributed by atoms with Crippen molar-refractivity contribution < 1.29 is 4.79 Å². The van der Waals surface area contributed by atoms with Crippen LogP contribution in [0, 0.1) is 6.92 Å². The molecular weight excluding hydrogens is 308 g/mol. The van der Waals surface area contributed by atoms with E-state index in [-0.39, 0.29) is 5.91 Å². The highest BCUT2D eigenvalue weighted by Crippen LogP contribution is 2.30. The predicted molar refractivity (Wildman–Crippen MR) is 91.7 cm³/mol. The zero-order chi connectivity index (χ0) is 15.8. The molecule has 0 radical (unpaired) electrons. The normalized spacial score (nSPS) is 14.0. The summed E-state index contributed by atoms with van der Waals surface area (Å²) in [6.45, 7) is 5.15. The van der Waals surface area contributed by atoms with Crippen molar-refractivity contribution in [2.45, 2.75) is 26.6 Å².